The Morgan fingerprint density at radius 1 is 1.00 bits per heavy atom. The van der Waals surface area contributed by atoms with E-state index in [0.29, 0.717) is 17.0 Å². The second-order valence-corrected chi connectivity index (χ2v) is 16.0. The molecule has 3 heterocycles. The van der Waals surface area contributed by atoms with E-state index < -0.39 is 90.0 Å². The highest BCUT2D eigenvalue weighted by Gasteiger charge is 2.55. The van der Waals surface area contributed by atoms with Crippen molar-refractivity contribution in [3.05, 3.63) is 63.1 Å². The van der Waals surface area contributed by atoms with E-state index in [0.717, 1.165) is 14.1 Å². The molecule has 5 atom stereocenters. The van der Waals surface area contributed by atoms with Crippen LogP contribution < -0.4 is 11.1 Å². The van der Waals surface area contributed by atoms with Crippen molar-refractivity contribution in [2.45, 2.75) is 74.8 Å². The number of hydrogen-bond donors (Lipinski definition) is 2. The number of amides is 4. The van der Waals surface area contributed by atoms with Crippen LogP contribution in [0, 0.1) is 5.92 Å². The van der Waals surface area contributed by atoms with Crippen molar-refractivity contribution in [2.24, 2.45) is 11.7 Å². The van der Waals surface area contributed by atoms with E-state index in [1.54, 1.807) is 38.1 Å². The number of halogens is 5. The average molecular weight is 778 g/mol. The summed E-state index contributed by atoms with van der Waals surface area (Å²) in [7, 11) is -4.63. The Bertz CT molecular complexity index is 1750. The molecule has 0 aromatic heterocycles. The maximum absolute atomic E-state index is 14.4. The van der Waals surface area contributed by atoms with E-state index in [4.69, 9.17) is 40.5 Å². The Morgan fingerprint density at radius 2 is 1.66 bits per heavy atom. The van der Waals surface area contributed by atoms with Gasteiger partial charge in [-0.25, -0.2) is 17.2 Å². The number of carbonyl (C=O) groups is 4. The molecule has 2 aromatic rings. The molecule has 5 rings (SSSR count). The van der Waals surface area contributed by atoms with Gasteiger partial charge in [-0.15, -0.1) is 0 Å². The molecule has 3 aliphatic heterocycles. The second-order valence-electron chi connectivity index (χ2n) is 12.9. The van der Waals surface area contributed by atoms with Gasteiger partial charge in [-0.1, -0.05) is 60.8 Å². The largest absolute Gasteiger partial charge is 0.341 e. The lowest BCUT2D eigenvalue weighted by atomic mass is 9.97. The normalized spacial score (nSPS) is 23.8. The molecule has 12 nitrogen and oxygen atoms in total. The van der Waals surface area contributed by atoms with Crippen molar-refractivity contribution < 1.29 is 36.4 Å². The Labute approximate surface area is 303 Å². The minimum Gasteiger partial charge on any atom is -0.341 e. The molecule has 272 valence electrons. The Kier molecular flexibility index (Phi) is 11.6. The summed E-state index contributed by atoms with van der Waals surface area (Å²) < 4.78 is 57.2. The van der Waals surface area contributed by atoms with Gasteiger partial charge in [0.2, 0.25) is 33.7 Å². The molecule has 5 unspecified atom stereocenters. The number of nitrogens with two attached hydrogens (primary N) is 1. The fourth-order valence-electron chi connectivity index (χ4n) is 6.59. The van der Waals surface area contributed by atoms with Gasteiger partial charge in [0.15, 0.2) is 0 Å². The molecular weight excluding hydrogens is 741 g/mol. The van der Waals surface area contributed by atoms with Crippen molar-refractivity contribution in [3.8, 4) is 0 Å². The van der Waals surface area contributed by atoms with Gasteiger partial charge in [-0.2, -0.15) is 4.31 Å². The Morgan fingerprint density at radius 3 is 2.28 bits per heavy atom. The zero-order valence-corrected chi connectivity index (χ0v) is 30.2. The summed E-state index contributed by atoms with van der Waals surface area (Å²) in [6.07, 6.45) is -3.81. The van der Waals surface area contributed by atoms with E-state index >= 15 is 0 Å². The summed E-state index contributed by atoms with van der Waals surface area (Å²) in [4.78, 5) is 58.0. The van der Waals surface area contributed by atoms with E-state index in [1.165, 1.54) is 23.1 Å². The minimum absolute atomic E-state index is 0.150. The van der Waals surface area contributed by atoms with Crippen molar-refractivity contribution in [1.29, 1.82) is 0 Å². The number of fused-ring (bicyclic) bond motifs is 1. The van der Waals surface area contributed by atoms with Crippen LogP contribution in [-0.2, 0) is 35.6 Å². The molecule has 50 heavy (non-hydrogen) atoms. The fourth-order valence-corrected chi connectivity index (χ4v) is 9.05. The van der Waals surface area contributed by atoms with Crippen LogP contribution >= 0.6 is 34.8 Å². The van der Waals surface area contributed by atoms with Crippen LogP contribution in [0.3, 0.4) is 0 Å². The van der Waals surface area contributed by atoms with Gasteiger partial charge in [-0.3, -0.25) is 19.2 Å². The summed E-state index contributed by atoms with van der Waals surface area (Å²) in [6, 6.07) is 5.17. The summed E-state index contributed by atoms with van der Waals surface area (Å²) in [6.45, 7) is 1.61. The van der Waals surface area contributed by atoms with E-state index in [1.807, 2.05) is 0 Å². The molecule has 3 N–H and O–H groups in total. The third-order valence-corrected chi connectivity index (χ3v) is 12.1. The maximum atomic E-state index is 14.4. The lowest BCUT2D eigenvalue weighted by molar-refractivity contribution is -0.169. The van der Waals surface area contributed by atoms with Crippen molar-refractivity contribution in [1.82, 2.24) is 24.3 Å². The zero-order valence-electron chi connectivity index (χ0n) is 27.1. The number of likely N-dealkylation sites (tertiary alicyclic amines) is 1. The summed E-state index contributed by atoms with van der Waals surface area (Å²) in [5.74, 6) is -2.97. The Balaban J connectivity index is 1.56. The van der Waals surface area contributed by atoms with Crippen LogP contribution in [0.4, 0.5) is 8.78 Å². The number of sulfonamides is 1. The summed E-state index contributed by atoms with van der Waals surface area (Å²) in [5.41, 5.74) is 6.61. The molecule has 0 spiro atoms. The van der Waals surface area contributed by atoms with E-state index in [2.05, 4.69) is 5.32 Å². The summed E-state index contributed by atoms with van der Waals surface area (Å²) in [5, 5.41) is 2.94. The van der Waals surface area contributed by atoms with Gasteiger partial charge >= 0.3 is 0 Å². The average Bonchev–Trinajstić information content (AvgIpc) is 3.54. The first-order valence-electron chi connectivity index (χ1n) is 16.0. The molecule has 2 aromatic carbocycles. The smallest absolute Gasteiger partial charge is 0.255 e. The van der Waals surface area contributed by atoms with Crippen molar-refractivity contribution in [2.75, 3.05) is 26.2 Å². The van der Waals surface area contributed by atoms with Gasteiger partial charge in [0.1, 0.15) is 29.2 Å². The molecule has 4 amide bonds. The first-order chi connectivity index (χ1) is 23.5. The number of nitrogens with zero attached hydrogens (tertiary/aromatic N) is 4. The first-order valence-corrected chi connectivity index (χ1v) is 18.6. The molecule has 0 bridgehead atoms. The molecule has 18 heteroatoms. The zero-order chi connectivity index (χ0) is 36.7. The van der Waals surface area contributed by atoms with Crippen LogP contribution in [0.2, 0.25) is 15.1 Å². The highest BCUT2D eigenvalue weighted by molar-refractivity contribution is 7.89. The SMILES string of the molecule is CC(C)C(N)C(=O)N1CCCC1C(=O)NC1CN(S(=O)(=O)c2ccc(Cl)cc2Cl)C2CN(CC(F)F)C(=O)C(Cc3ccc(Cl)cc3)N2C1=O. The van der Waals surface area contributed by atoms with Crippen LogP contribution in [-0.4, -0.2) is 114 Å². The van der Waals surface area contributed by atoms with Gasteiger partial charge in [-0.05, 0) is 54.7 Å². The van der Waals surface area contributed by atoms with Crippen LogP contribution in [0.1, 0.15) is 32.3 Å². The number of piperazine rings is 1. The van der Waals surface area contributed by atoms with Crippen LogP contribution in [0.25, 0.3) is 0 Å². The van der Waals surface area contributed by atoms with E-state index in [9.17, 15) is 36.4 Å². The van der Waals surface area contributed by atoms with Crippen molar-refractivity contribution >= 4 is 68.5 Å². The van der Waals surface area contributed by atoms with Crippen LogP contribution in [0.5, 0.6) is 0 Å². The Hall–Kier alpha value is -3.08. The molecule has 0 radical (unpaired) electrons. The maximum Gasteiger partial charge on any atom is 0.255 e. The molecule has 3 aliphatic rings. The van der Waals surface area contributed by atoms with Gasteiger partial charge < -0.3 is 25.8 Å². The molecular formula is C32H37Cl3F2N6O6S. The number of alkyl halides is 2. The standard InChI is InChI=1S/C32H37Cl3F2N6O6S/c1-17(2)28(38)32(47)41-11-3-4-23(41)29(44)39-22-14-42(50(48,49)25-10-9-20(34)13-21(25)35)27-16-40(15-26(36)37)31(46)24(43(27)30(22)45)12-18-5-7-19(33)8-6-18/h5-10,13,17,22-24,26-28H,3-4,11-12,14-16,38H2,1-2H3,(H,39,44). The fraction of sp³-hybridized carbons (Fsp3) is 0.500. The van der Waals surface area contributed by atoms with Gasteiger partial charge in [0.05, 0.1) is 24.2 Å². The second kappa shape index (κ2) is 15.3. The topological polar surface area (TPSA) is 153 Å². The monoisotopic (exact) mass is 776 g/mol. The number of hydrogen-bond acceptors (Lipinski definition) is 7. The molecule has 0 saturated carbocycles. The molecule has 3 saturated heterocycles. The predicted molar refractivity (Wildman–Crippen MR) is 182 cm³/mol. The minimum atomic E-state index is -4.63. The van der Waals surface area contributed by atoms with Gasteiger partial charge in [0.25, 0.3) is 6.43 Å². The van der Waals surface area contributed by atoms with Crippen LogP contribution in [0.15, 0.2) is 47.4 Å². The third-order valence-electron chi connectivity index (χ3n) is 9.22. The number of rotatable bonds is 10. The van der Waals surface area contributed by atoms with E-state index in [-0.39, 0.29) is 40.2 Å². The first kappa shape index (κ1) is 38.2. The molecule has 3 fully saturated rings. The lowest BCUT2D eigenvalue weighted by Crippen LogP contribution is -2.76. The summed E-state index contributed by atoms with van der Waals surface area (Å²) >= 11 is 18.4. The van der Waals surface area contributed by atoms with Gasteiger partial charge in [0, 0.05) is 29.6 Å². The highest BCUT2D eigenvalue weighted by Crippen LogP contribution is 2.35. The lowest BCUT2D eigenvalue weighted by Gasteiger charge is -2.53. The number of benzene rings is 2. The highest BCUT2D eigenvalue weighted by atomic mass is 35.5. The number of nitrogens with one attached hydrogen (secondary N) is 1. The third kappa shape index (κ3) is 7.72. The van der Waals surface area contributed by atoms with Crippen molar-refractivity contribution in [3.63, 3.8) is 0 Å². The predicted octanol–water partition coefficient (Wildman–Crippen LogP) is 2.98. The number of carbonyl (C=O) groups excluding carboxylic acids is 4. The molecule has 0 aliphatic carbocycles. The quantitative estimate of drug-likeness (QED) is 0.377.